The van der Waals surface area contributed by atoms with Gasteiger partial charge in [-0.2, -0.15) is 4.99 Å². The van der Waals surface area contributed by atoms with Crippen LogP contribution in [-0.4, -0.2) is 42.1 Å². The zero-order valence-corrected chi connectivity index (χ0v) is 19.6. The lowest BCUT2D eigenvalue weighted by Gasteiger charge is -2.05. The second-order valence-electron chi connectivity index (χ2n) is 7.07. The minimum atomic E-state index is -3.70. The third-order valence-electron chi connectivity index (χ3n) is 4.67. The number of halogens is 1. The zero-order chi connectivity index (χ0) is 24.9. The standard InChI is InChI=1S/C21H20FN3O7S2/c1-2-32-20(27)13-24-17-12-15(25(28)29)7-10-18(17)33-21(24)23-19(26)4-3-11-34(30,31)16-8-5-14(22)6-9-16/h5-10,12H,2-4,11,13H2,1H3. The third kappa shape index (κ3) is 6.11. The minimum absolute atomic E-state index is 0.0176. The number of esters is 1. The molecule has 0 fully saturated rings. The molecule has 13 heteroatoms. The molecule has 0 spiro atoms. The Kier molecular flexibility index (Phi) is 7.89. The van der Waals surface area contributed by atoms with Crippen LogP contribution >= 0.6 is 11.3 Å². The maximum Gasteiger partial charge on any atom is 0.326 e. The number of non-ortho nitro benzene ring substituents is 1. The molecule has 0 N–H and O–H groups in total. The molecule has 1 heterocycles. The van der Waals surface area contributed by atoms with E-state index in [4.69, 9.17) is 4.74 Å². The molecule has 34 heavy (non-hydrogen) atoms. The van der Waals surface area contributed by atoms with E-state index in [1.165, 1.54) is 22.8 Å². The zero-order valence-electron chi connectivity index (χ0n) is 18.0. The van der Waals surface area contributed by atoms with Gasteiger partial charge >= 0.3 is 5.97 Å². The van der Waals surface area contributed by atoms with Crippen LogP contribution < -0.4 is 4.80 Å². The summed E-state index contributed by atoms with van der Waals surface area (Å²) in [6, 6.07) is 8.49. The second kappa shape index (κ2) is 10.7. The lowest BCUT2D eigenvalue weighted by Crippen LogP contribution is -2.23. The summed E-state index contributed by atoms with van der Waals surface area (Å²) < 4.78 is 44.6. The predicted molar refractivity (Wildman–Crippen MR) is 121 cm³/mol. The van der Waals surface area contributed by atoms with Gasteiger partial charge in [0.25, 0.3) is 5.69 Å². The number of amides is 1. The van der Waals surface area contributed by atoms with Crippen molar-refractivity contribution < 1.29 is 32.1 Å². The Bertz CT molecular complexity index is 1410. The van der Waals surface area contributed by atoms with E-state index >= 15 is 0 Å². The van der Waals surface area contributed by atoms with Crippen LogP contribution in [0.1, 0.15) is 19.8 Å². The molecule has 0 saturated heterocycles. The minimum Gasteiger partial charge on any atom is -0.465 e. The average Bonchev–Trinajstić information content (AvgIpc) is 3.10. The molecule has 0 atom stereocenters. The van der Waals surface area contributed by atoms with Crippen molar-refractivity contribution in [1.29, 1.82) is 0 Å². The van der Waals surface area contributed by atoms with Crippen molar-refractivity contribution in [3.63, 3.8) is 0 Å². The van der Waals surface area contributed by atoms with Gasteiger partial charge in [0.2, 0.25) is 5.91 Å². The fourth-order valence-electron chi connectivity index (χ4n) is 3.08. The fraction of sp³-hybridized carbons (Fsp3) is 0.286. The van der Waals surface area contributed by atoms with Gasteiger partial charge in [0.15, 0.2) is 14.6 Å². The number of nitro benzene ring substituents is 1. The molecule has 2 aromatic carbocycles. The SMILES string of the molecule is CCOC(=O)Cn1c(=NC(=O)CCCS(=O)(=O)c2ccc(F)cc2)sc2ccc([N+](=O)[O-])cc21. The molecule has 0 aliphatic heterocycles. The van der Waals surface area contributed by atoms with E-state index in [-0.39, 0.29) is 47.1 Å². The molecule has 3 rings (SSSR count). The van der Waals surface area contributed by atoms with Crippen LogP contribution in [0, 0.1) is 15.9 Å². The van der Waals surface area contributed by atoms with Crippen LogP contribution in [0.2, 0.25) is 0 Å². The summed E-state index contributed by atoms with van der Waals surface area (Å²) in [4.78, 5) is 39.2. The largest absolute Gasteiger partial charge is 0.465 e. The Morgan fingerprint density at radius 1 is 1.21 bits per heavy atom. The highest BCUT2D eigenvalue weighted by atomic mass is 32.2. The van der Waals surface area contributed by atoms with Crippen LogP contribution in [0.4, 0.5) is 10.1 Å². The van der Waals surface area contributed by atoms with Crippen molar-refractivity contribution in [3.8, 4) is 0 Å². The van der Waals surface area contributed by atoms with E-state index in [9.17, 15) is 32.5 Å². The van der Waals surface area contributed by atoms with Gasteiger partial charge in [0.05, 0.1) is 32.4 Å². The van der Waals surface area contributed by atoms with Gasteiger partial charge in [-0.1, -0.05) is 11.3 Å². The van der Waals surface area contributed by atoms with E-state index in [0.717, 1.165) is 35.6 Å². The first-order valence-electron chi connectivity index (χ1n) is 10.1. The molecule has 1 amide bonds. The third-order valence-corrected chi connectivity index (χ3v) is 7.54. The molecule has 1 aromatic heterocycles. The summed E-state index contributed by atoms with van der Waals surface area (Å²) >= 11 is 1.06. The predicted octanol–water partition coefficient (Wildman–Crippen LogP) is 2.99. The molecule has 0 bridgehead atoms. The van der Waals surface area contributed by atoms with Crippen molar-refractivity contribution >= 4 is 49.0 Å². The number of carbonyl (C=O) groups excluding carboxylic acids is 2. The van der Waals surface area contributed by atoms with E-state index in [1.807, 2.05) is 0 Å². The summed E-state index contributed by atoms with van der Waals surface area (Å²) in [5, 5.41) is 11.1. The van der Waals surface area contributed by atoms with Gasteiger partial charge in [0.1, 0.15) is 12.4 Å². The topological polar surface area (TPSA) is 138 Å². The van der Waals surface area contributed by atoms with Gasteiger partial charge in [-0.25, -0.2) is 12.8 Å². The van der Waals surface area contributed by atoms with Crippen molar-refractivity contribution in [2.45, 2.75) is 31.2 Å². The first kappa shape index (κ1) is 25.2. The van der Waals surface area contributed by atoms with Crippen LogP contribution in [0.15, 0.2) is 52.4 Å². The van der Waals surface area contributed by atoms with Crippen molar-refractivity contribution in [2.24, 2.45) is 4.99 Å². The maximum atomic E-state index is 13.0. The monoisotopic (exact) mass is 509 g/mol. The number of fused-ring (bicyclic) bond motifs is 1. The lowest BCUT2D eigenvalue weighted by atomic mass is 10.3. The van der Waals surface area contributed by atoms with Crippen LogP contribution in [0.25, 0.3) is 10.2 Å². The number of rotatable bonds is 9. The van der Waals surface area contributed by atoms with Gasteiger partial charge in [0, 0.05) is 18.6 Å². The molecule has 180 valence electrons. The lowest BCUT2D eigenvalue weighted by molar-refractivity contribution is -0.384. The Morgan fingerprint density at radius 2 is 1.91 bits per heavy atom. The summed E-state index contributed by atoms with van der Waals surface area (Å²) in [6.07, 6.45) is -0.204. The second-order valence-corrected chi connectivity index (χ2v) is 10.2. The van der Waals surface area contributed by atoms with Crippen LogP contribution in [-0.2, 0) is 30.7 Å². The molecule has 10 nitrogen and oxygen atoms in total. The van der Waals surface area contributed by atoms with E-state index < -0.39 is 32.5 Å². The molecule has 0 radical (unpaired) electrons. The molecule has 0 saturated carbocycles. The molecular weight excluding hydrogens is 489 g/mol. The molecule has 0 aliphatic carbocycles. The number of nitro groups is 1. The van der Waals surface area contributed by atoms with Crippen molar-refractivity contribution in [3.05, 3.63) is 63.2 Å². The Labute approximate surface area is 197 Å². The summed E-state index contributed by atoms with van der Waals surface area (Å²) in [6.45, 7) is 1.46. The normalized spacial score (nSPS) is 12.1. The van der Waals surface area contributed by atoms with Crippen LogP contribution in [0.3, 0.4) is 0 Å². The summed E-state index contributed by atoms with van der Waals surface area (Å²) in [7, 11) is -3.70. The summed E-state index contributed by atoms with van der Waals surface area (Å²) in [5.74, 6) is -2.11. The molecule has 3 aromatic rings. The van der Waals surface area contributed by atoms with Gasteiger partial charge < -0.3 is 9.30 Å². The van der Waals surface area contributed by atoms with E-state index in [1.54, 1.807) is 6.92 Å². The number of thiazole rings is 1. The number of benzene rings is 2. The Hall–Kier alpha value is -3.45. The number of hydrogen-bond donors (Lipinski definition) is 0. The number of aromatic nitrogens is 1. The maximum absolute atomic E-state index is 13.0. The van der Waals surface area contributed by atoms with Crippen molar-refractivity contribution in [2.75, 3.05) is 12.4 Å². The smallest absolute Gasteiger partial charge is 0.326 e. The molecule has 0 unspecified atom stereocenters. The first-order chi connectivity index (χ1) is 16.1. The highest BCUT2D eigenvalue weighted by Crippen LogP contribution is 2.23. The highest BCUT2D eigenvalue weighted by Gasteiger charge is 2.17. The van der Waals surface area contributed by atoms with Crippen LogP contribution in [0.5, 0.6) is 0 Å². The average molecular weight is 510 g/mol. The Morgan fingerprint density at radius 3 is 2.56 bits per heavy atom. The number of sulfone groups is 1. The number of carbonyl (C=O) groups is 2. The number of ether oxygens (including phenoxy) is 1. The fourth-order valence-corrected chi connectivity index (χ4v) is 5.42. The van der Waals surface area contributed by atoms with Gasteiger partial charge in [-0.3, -0.25) is 19.7 Å². The van der Waals surface area contributed by atoms with E-state index in [2.05, 4.69) is 4.99 Å². The number of hydrogen-bond acceptors (Lipinski definition) is 8. The quantitative estimate of drug-likeness (QED) is 0.187. The van der Waals surface area contributed by atoms with Gasteiger partial charge in [-0.15, -0.1) is 0 Å². The van der Waals surface area contributed by atoms with Crippen molar-refractivity contribution in [1.82, 2.24) is 4.57 Å². The molecule has 0 aliphatic rings. The van der Waals surface area contributed by atoms with Gasteiger partial charge in [-0.05, 0) is 43.7 Å². The first-order valence-corrected chi connectivity index (χ1v) is 12.6. The molecular formula is C21H20FN3O7S2. The van der Waals surface area contributed by atoms with E-state index in [0.29, 0.717) is 10.2 Å². The highest BCUT2D eigenvalue weighted by molar-refractivity contribution is 7.91. The number of nitrogens with zero attached hydrogens (tertiary/aromatic N) is 3. The summed E-state index contributed by atoms with van der Waals surface area (Å²) in [5.41, 5.74) is 0.157. The Balaban J connectivity index is 1.83.